The molecular weight excluding hydrogens is 356 g/mol. The zero-order chi connectivity index (χ0) is 18.8. The fourth-order valence-electron chi connectivity index (χ4n) is 1.75. The fraction of sp³-hybridized carbons (Fsp3) is 0.214. The van der Waals surface area contributed by atoms with E-state index in [9.17, 15) is 31.1 Å². The molecule has 0 atom stereocenters. The van der Waals surface area contributed by atoms with Gasteiger partial charge in [0.2, 0.25) is 0 Å². The summed E-state index contributed by atoms with van der Waals surface area (Å²) in [4.78, 5) is 19.6. The number of halogens is 6. The average Bonchev–Trinajstić information content (AvgIpc) is 2.92. The Morgan fingerprint density at radius 3 is 2.12 bits per heavy atom. The standard InChI is InChI=1S/C14H9F6N3O2/c1-23-6-11(21-7-23)12(24)25-22-5-8-2-9(13(15,16)17)4-10(3-8)14(18,19)20/h2-7H,1H3. The predicted octanol–water partition coefficient (Wildman–Crippen LogP) is 3.65. The van der Waals surface area contributed by atoms with Gasteiger partial charge in [-0.25, -0.2) is 9.78 Å². The number of hydrogen-bond donors (Lipinski definition) is 0. The van der Waals surface area contributed by atoms with Crippen LogP contribution in [0.15, 0.2) is 35.9 Å². The molecule has 0 saturated carbocycles. The Balaban J connectivity index is 2.24. The summed E-state index contributed by atoms with van der Waals surface area (Å²) in [5.74, 6) is -1.01. The molecule has 134 valence electrons. The lowest BCUT2D eigenvalue weighted by molar-refractivity contribution is -0.143. The van der Waals surface area contributed by atoms with E-state index in [2.05, 4.69) is 15.0 Å². The Bertz CT molecular complexity index is 775. The summed E-state index contributed by atoms with van der Waals surface area (Å²) in [7, 11) is 1.58. The van der Waals surface area contributed by atoms with E-state index in [1.807, 2.05) is 0 Å². The summed E-state index contributed by atoms with van der Waals surface area (Å²) < 4.78 is 77.6. The minimum atomic E-state index is -4.98. The average molecular weight is 365 g/mol. The van der Waals surface area contributed by atoms with E-state index in [0.717, 1.165) is 0 Å². The number of nitrogens with zero attached hydrogens (tertiary/aromatic N) is 3. The molecule has 2 rings (SSSR count). The molecule has 0 N–H and O–H groups in total. The molecule has 0 spiro atoms. The number of rotatable bonds is 3. The third-order valence-corrected chi connectivity index (χ3v) is 2.86. The van der Waals surface area contributed by atoms with Crippen LogP contribution in [-0.4, -0.2) is 21.7 Å². The molecule has 1 aromatic carbocycles. The Labute approximate surface area is 136 Å². The maximum atomic E-state index is 12.7. The van der Waals surface area contributed by atoms with Crippen molar-refractivity contribution in [3.63, 3.8) is 0 Å². The number of carbonyl (C=O) groups is 1. The number of imidazole rings is 1. The van der Waals surface area contributed by atoms with Crippen LogP contribution in [-0.2, 0) is 24.2 Å². The van der Waals surface area contributed by atoms with E-state index >= 15 is 0 Å². The van der Waals surface area contributed by atoms with Crippen LogP contribution in [0, 0.1) is 0 Å². The van der Waals surface area contributed by atoms with Crippen LogP contribution >= 0.6 is 0 Å². The highest BCUT2D eigenvalue weighted by Crippen LogP contribution is 2.36. The molecule has 5 nitrogen and oxygen atoms in total. The van der Waals surface area contributed by atoms with Crippen molar-refractivity contribution in [1.29, 1.82) is 0 Å². The first-order valence-corrected chi connectivity index (χ1v) is 6.49. The van der Waals surface area contributed by atoms with Gasteiger partial charge in [-0.15, -0.1) is 0 Å². The molecule has 0 aliphatic rings. The number of aryl methyl sites for hydroxylation is 1. The Kier molecular flexibility index (Phi) is 4.86. The van der Waals surface area contributed by atoms with Crippen LogP contribution in [0.1, 0.15) is 27.2 Å². The normalized spacial score (nSPS) is 12.6. The van der Waals surface area contributed by atoms with Crippen LogP contribution in [0.25, 0.3) is 0 Å². The molecule has 0 saturated heterocycles. The second kappa shape index (κ2) is 6.57. The van der Waals surface area contributed by atoms with Crippen LogP contribution in [0.4, 0.5) is 26.3 Å². The number of alkyl halides is 6. The highest BCUT2D eigenvalue weighted by atomic mass is 19.4. The summed E-state index contributed by atoms with van der Waals surface area (Å²) in [5, 5.41) is 3.12. The van der Waals surface area contributed by atoms with Gasteiger partial charge in [-0.3, -0.25) is 0 Å². The Hall–Kier alpha value is -2.85. The van der Waals surface area contributed by atoms with Gasteiger partial charge in [-0.05, 0) is 23.8 Å². The highest BCUT2D eigenvalue weighted by Gasteiger charge is 2.36. The molecule has 1 aromatic heterocycles. The van der Waals surface area contributed by atoms with Gasteiger partial charge < -0.3 is 9.40 Å². The van der Waals surface area contributed by atoms with E-state index in [0.29, 0.717) is 18.3 Å². The molecular formula is C14H9F6N3O2. The van der Waals surface area contributed by atoms with Gasteiger partial charge in [0.05, 0.1) is 23.7 Å². The number of benzene rings is 1. The second-order valence-electron chi connectivity index (χ2n) is 4.88. The van der Waals surface area contributed by atoms with Gasteiger partial charge in [0.15, 0.2) is 5.69 Å². The van der Waals surface area contributed by atoms with E-state index in [1.54, 1.807) is 7.05 Å². The Morgan fingerprint density at radius 2 is 1.68 bits per heavy atom. The van der Waals surface area contributed by atoms with Gasteiger partial charge in [0.1, 0.15) is 0 Å². The van der Waals surface area contributed by atoms with Crippen molar-refractivity contribution in [2.45, 2.75) is 12.4 Å². The lowest BCUT2D eigenvalue weighted by Crippen LogP contribution is -2.11. The largest absolute Gasteiger partial charge is 0.416 e. The molecule has 0 amide bonds. The fourth-order valence-corrected chi connectivity index (χ4v) is 1.75. The molecule has 25 heavy (non-hydrogen) atoms. The summed E-state index contributed by atoms with van der Waals surface area (Å²) in [6, 6.07) is 0.887. The monoisotopic (exact) mass is 365 g/mol. The highest BCUT2D eigenvalue weighted by molar-refractivity contribution is 5.88. The molecule has 11 heteroatoms. The number of aromatic nitrogens is 2. The van der Waals surface area contributed by atoms with Crippen LogP contribution in [0.2, 0.25) is 0 Å². The van der Waals surface area contributed by atoms with Gasteiger partial charge in [-0.1, -0.05) is 5.16 Å². The van der Waals surface area contributed by atoms with E-state index < -0.39 is 35.0 Å². The minimum absolute atomic E-state index is 0.0166. The Morgan fingerprint density at radius 1 is 1.12 bits per heavy atom. The van der Waals surface area contributed by atoms with Gasteiger partial charge >= 0.3 is 18.3 Å². The lowest BCUT2D eigenvalue weighted by atomic mass is 10.1. The first-order valence-electron chi connectivity index (χ1n) is 6.49. The number of oxime groups is 1. The second-order valence-corrected chi connectivity index (χ2v) is 4.88. The molecule has 0 radical (unpaired) electrons. The van der Waals surface area contributed by atoms with Crippen molar-refractivity contribution < 1.29 is 36.0 Å². The zero-order valence-electron chi connectivity index (χ0n) is 12.4. The molecule has 0 unspecified atom stereocenters. The van der Waals surface area contributed by atoms with Crippen molar-refractivity contribution in [1.82, 2.24) is 9.55 Å². The van der Waals surface area contributed by atoms with Crippen molar-refractivity contribution >= 4 is 12.2 Å². The van der Waals surface area contributed by atoms with E-state index in [4.69, 9.17) is 0 Å². The summed E-state index contributed by atoms with van der Waals surface area (Å²) in [5.41, 5.74) is -3.66. The van der Waals surface area contributed by atoms with Crippen molar-refractivity contribution in [2.75, 3.05) is 0 Å². The van der Waals surface area contributed by atoms with Crippen molar-refractivity contribution in [2.24, 2.45) is 12.2 Å². The maximum absolute atomic E-state index is 12.7. The van der Waals surface area contributed by atoms with Gasteiger partial charge in [-0.2, -0.15) is 26.3 Å². The van der Waals surface area contributed by atoms with Gasteiger partial charge in [0.25, 0.3) is 0 Å². The zero-order valence-corrected chi connectivity index (χ0v) is 12.4. The third kappa shape index (κ3) is 4.81. The first kappa shape index (κ1) is 18.5. The third-order valence-electron chi connectivity index (χ3n) is 2.86. The molecule has 2 aromatic rings. The van der Waals surface area contributed by atoms with Crippen molar-refractivity contribution in [3.05, 3.63) is 53.1 Å². The van der Waals surface area contributed by atoms with Gasteiger partial charge in [0, 0.05) is 13.2 Å². The topological polar surface area (TPSA) is 56.5 Å². The van der Waals surface area contributed by atoms with Crippen LogP contribution in [0.3, 0.4) is 0 Å². The molecule has 0 fully saturated rings. The summed E-state index contributed by atoms with van der Waals surface area (Å²) >= 11 is 0. The molecule has 0 aliphatic carbocycles. The van der Waals surface area contributed by atoms with Crippen molar-refractivity contribution in [3.8, 4) is 0 Å². The minimum Gasteiger partial charge on any atom is -0.340 e. The maximum Gasteiger partial charge on any atom is 0.416 e. The SMILES string of the molecule is Cn1cnc(C(=O)ON=Cc2cc(C(F)(F)F)cc(C(F)(F)F)c2)c1. The van der Waals surface area contributed by atoms with Crippen LogP contribution < -0.4 is 0 Å². The summed E-state index contributed by atoms with van der Waals surface area (Å²) in [6.45, 7) is 0. The van der Waals surface area contributed by atoms with E-state index in [-0.39, 0.29) is 11.8 Å². The predicted molar refractivity (Wildman–Crippen MR) is 72.7 cm³/mol. The first-order chi connectivity index (χ1) is 11.5. The summed E-state index contributed by atoms with van der Waals surface area (Å²) in [6.07, 6.45) is -6.79. The molecule has 0 bridgehead atoms. The molecule has 1 heterocycles. The van der Waals surface area contributed by atoms with Crippen LogP contribution in [0.5, 0.6) is 0 Å². The quantitative estimate of drug-likeness (QED) is 0.361. The lowest BCUT2D eigenvalue weighted by Gasteiger charge is -2.12. The van der Waals surface area contributed by atoms with E-state index in [1.165, 1.54) is 17.1 Å². The smallest absolute Gasteiger partial charge is 0.340 e. The number of carbonyl (C=O) groups excluding carboxylic acids is 1. The number of hydrogen-bond acceptors (Lipinski definition) is 4. The molecule has 0 aliphatic heterocycles.